The second-order valence-electron chi connectivity index (χ2n) is 7.31. The van der Waals surface area contributed by atoms with Gasteiger partial charge in [0.2, 0.25) is 11.8 Å². The summed E-state index contributed by atoms with van der Waals surface area (Å²) < 4.78 is 0. The Labute approximate surface area is 136 Å². The fourth-order valence-corrected chi connectivity index (χ4v) is 4.70. The summed E-state index contributed by atoms with van der Waals surface area (Å²) in [4.78, 5) is 25.8. The Bertz CT molecular complexity index is 626. The Morgan fingerprint density at radius 3 is 2.96 bits per heavy atom. The summed E-state index contributed by atoms with van der Waals surface area (Å²) in [5.74, 6) is 2.55. The number of likely N-dealkylation sites (tertiary alicyclic amines) is 1. The highest BCUT2D eigenvalue weighted by Crippen LogP contribution is 2.52. The first-order chi connectivity index (χ1) is 11.1. The van der Waals surface area contributed by atoms with Gasteiger partial charge in [0.25, 0.3) is 0 Å². The molecule has 124 valence electrons. The normalized spacial score (nSPS) is 32.7. The van der Waals surface area contributed by atoms with Gasteiger partial charge in [-0.25, -0.2) is 0 Å². The molecule has 0 aromatic carbocycles. The highest BCUT2D eigenvalue weighted by molar-refractivity contribution is 5.96. The van der Waals surface area contributed by atoms with Crippen molar-refractivity contribution in [1.29, 1.82) is 0 Å². The van der Waals surface area contributed by atoms with Crippen molar-refractivity contribution >= 4 is 17.6 Å². The van der Waals surface area contributed by atoms with Gasteiger partial charge in [-0.05, 0) is 38.0 Å². The van der Waals surface area contributed by atoms with Gasteiger partial charge in [0.05, 0.1) is 5.92 Å². The molecule has 1 aromatic heterocycles. The lowest BCUT2D eigenvalue weighted by Gasteiger charge is -2.19. The van der Waals surface area contributed by atoms with E-state index in [4.69, 9.17) is 0 Å². The summed E-state index contributed by atoms with van der Waals surface area (Å²) in [6.45, 7) is 3.12. The van der Waals surface area contributed by atoms with Crippen LogP contribution in [0.5, 0.6) is 0 Å². The second-order valence-corrected chi connectivity index (χ2v) is 7.31. The molecule has 2 N–H and O–H groups in total. The average Bonchev–Trinajstić information content (AvgIpc) is 3.30. The highest BCUT2D eigenvalue weighted by Gasteiger charge is 2.41. The lowest BCUT2D eigenvalue weighted by Crippen LogP contribution is -2.28. The lowest BCUT2D eigenvalue weighted by molar-refractivity contribution is -0.128. The molecular weight excluding hydrogens is 292 g/mol. The molecule has 0 radical (unpaired) electrons. The number of amides is 2. The van der Waals surface area contributed by atoms with Gasteiger partial charge in [-0.2, -0.15) is 5.10 Å². The smallest absolute Gasteiger partial charge is 0.230 e. The Kier molecular flexibility index (Phi) is 3.62. The van der Waals surface area contributed by atoms with E-state index in [1.165, 1.54) is 25.7 Å². The molecule has 4 atom stereocenters. The van der Waals surface area contributed by atoms with Crippen LogP contribution in [0, 0.1) is 17.8 Å². The van der Waals surface area contributed by atoms with Gasteiger partial charge in [-0.3, -0.25) is 14.7 Å². The van der Waals surface area contributed by atoms with Crippen LogP contribution in [0.15, 0.2) is 6.07 Å². The first-order valence-corrected chi connectivity index (χ1v) is 8.78. The third kappa shape index (κ3) is 2.64. The second kappa shape index (κ2) is 5.65. The van der Waals surface area contributed by atoms with Crippen LogP contribution in [-0.4, -0.2) is 40.0 Å². The Morgan fingerprint density at radius 2 is 2.30 bits per heavy atom. The summed E-state index contributed by atoms with van der Waals surface area (Å²) in [5.41, 5.74) is 1.16. The molecule has 1 aromatic rings. The Hall–Kier alpha value is -1.85. The topological polar surface area (TPSA) is 78.1 Å². The lowest BCUT2D eigenvalue weighted by atomic mass is 9.86. The van der Waals surface area contributed by atoms with E-state index in [0.717, 1.165) is 17.5 Å². The van der Waals surface area contributed by atoms with E-state index >= 15 is 0 Å². The van der Waals surface area contributed by atoms with Gasteiger partial charge in [-0.1, -0.05) is 6.42 Å². The van der Waals surface area contributed by atoms with Gasteiger partial charge < -0.3 is 10.2 Å². The summed E-state index contributed by atoms with van der Waals surface area (Å²) in [5, 5.41) is 10.3. The number of fused-ring (bicyclic) bond motifs is 2. The van der Waals surface area contributed by atoms with Crippen molar-refractivity contribution in [3.05, 3.63) is 11.8 Å². The molecule has 2 aliphatic carbocycles. The van der Waals surface area contributed by atoms with Crippen LogP contribution in [0.4, 0.5) is 5.82 Å². The van der Waals surface area contributed by atoms with E-state index < -0.39 is 0 Å². The number of hydrogen-bond acceptors (Lipinski definition) is 3. The number of carbonyl (C=O) groups is 2. The molecule has 1 aliphatic heterocycles. The van der Waals surface area contributed by atoms with Gasteiger partial charge >= 0.3 is 0 Å². The number of H-pyrrole nitrogens is 1. The summed E-state index contributed by atoms with van der Waals surface area (Å²) in [6.07, 6.45) is 5.62. The molecule has 4 unspecified atom stereocenters. The van der Waals surface area contributed by atoms with Crippen LogP contribution < -0.4 is 5.32 Å². The summed E-state index contributed by atoms with van der Waals surface area (Å²) in [6, 6.07) is 1.98. The molecule has 3 fully saturated rings. The third-order valence-electron chi connectivity index (χ3n) is 5.95. The molecule has 1 saturated heterocycles. The van der Waals surface area contributed by atoms with Crippen LogP contribution in [0.25, 0.3) is 0 Å². The quantitative estimate of drug-likeness (QED) is 0.893. The van der Waals surface area contributed by atoms with Gasteiger partial charge in [0.15, 0.2) is 5.82 Å². The standard InChI is InChI=1S/C17H24N4O2/c1-2-21-9-12(7-16(21)22)17(23)18-15-8-14(19-20-15)13-6-10-3-4-11(13)5-10/h8,10-13H,2-7,9H2,1H3,(H2,18,19,20,23). The van der Waals surface area contributed by atoms with E-state index in [1.54, 1.807) is 4.90 Å². The molecule has 6 heteroatoms. The predicted molar refractivity (Wildman–Crippen MR) is 85.8 cm³/mol. The number of nitrogens with one attached hydrogen (secondary N) is 2. The molecule has 4 rings (SSSR count). The van der Waals surface area contributed by atoms with Crippen molar-refractivity contribution in [2.75, 3.05) is 18.4 Å². The van der Waals surface area contributed by atoms with Crippen LogP contribution in [-0.2, 0) is 9.59 Å². The van der Waals surface area contributed by atoms with Gasteiger partial charge in [0.1, 0.15) is 0 Å². The number of aromatic amines is 1. The molecule has 2 saturated carbocycles. The zero-order valence-electron chi connectivity index (χ0n) is 13.5. The molecule has 2 heterocycles. The SMILES string of the molecule is CCN1CC(C(=O)Nc2cc(C3CC4CCC3C4)[nH]n2)CC1=O. The van der Waals surface area contributed by atoms with Crippen molar-refractivity contribution < 1.29 is 9.59 Å². The largest absolute Gasteiger partial charge is 0.342 e. The fraction of sp³-hybridized carbons (Fsp3) is 0.706. The van der Waals surface area contributed by atoms with Gasteiger partial charge in [0, 0.05) is 37.2 Å². The average molecular weight is 316 g/mol. The number of anilines is 1. The summed E-state index contributed by atoms with van der Waals surface area (Å²) in [7, 11) is 0. The number of carbonyl (C=O) groups excluding carboxylic acids is 2. The van der Waals surface area contributed by atoms with Crippen molar-refractivity contribution in [3.63, 3.8) is 0 Å². The molecule has 6 nitrogen and oxygen atoms in total. The van der Waals surface area contributed by atoms with Gasteiger partial charge in [-0.15, -0.1) is 0 Å². The van der Waals surface area contributed by atoms with Crippen molar-refractivity contribution in [1.82, 2.24) is 15.1 Å². The van der Waals surface area contributed by atoms with Crippen LogP contribution >= 0.6 is 0 Å². The molecule has 23 heavy (non-hydrogen) atoms. The Balaban J connectivity index is 1.38. The van der Waals surface area contributed by atoms with Crippen molar-refractivity contribution in [2.45, 2.75) is 44.9 Å². The molecule has 0 spiro atoms. The van der Waals surface area contributed by atoms with E-state index in [1.807, 2.05) is 13.0 Å². The highest BCUT2D eigenvalue weighted by atomic mass is 16.2. The zero-order valence-corrected chi connectivity index (χ0v) is 13.5. The first-order valence-electron chi connectivity index (χ1n) is 8.78. The van der Waals surface area contributed by atoms with E-state index in [0.29, 0.717) is 31.2 Å². The monoisotopic (exact) mass is 316 g/mol. The zero-order chi connectivity index (χ0) is 16.0. The number of hydrogen-bond donors (Lipinski definition) is 2. The van der Waals surface area contributed by atoms with Crippen LogP contribution in [0.3, 0.4) is 0 Å². The molecule has 3 aliphatic rings. The maximum Gasteiger partial charge on any atom is 0.230 e. The maximum absolute atomic E-state index is 12.3. The summed E-state index contributed by atoms with van der Waals surface area (Å²) >= 11 is 0. The van der Waals surface area contributed by atoms with Crippen LogP contribution in [0.2, 0.25) is 0 Å². The third-order valence-corrected chi connectivity index (χ3v) is 5.95. The van der Waals surface area contributed by atoms with E-state index in [2.05, 4.69) is 15.5 Å². The predicted octanol–water partition coefficient (Wildman–Crippen LogP) is 2.12. The number of aromatic nitrogens is 2. The van der Waals surface area contributed by atoms with Crippen molar-refractivity contribution in [2.24, 2.45) is 17.8 Å². The number of rotatable bonds is 4. The Morgan fingerprint density at radius 1 is 1.43 bits per heavy atom. The minimum Gasteiger partial charge on any atom is -0.342 e. The minimum absolute atomic E-state index is 0.0670. The fourth-order valence-electron chi connectivity index (χ4n) is 4.70. The molecule has 2 bridgehead atoms. The first kappa shape index (κ1) is 14.7. The van der Waals surface area contributed by atoms with Crippen molar-refractivity contribution in [3.8, 4) is 0 Å². The maximum atomic E-state index is 12.3. The molecule has 2 amide bonds. The van der Waals surface area contributed by atoms with Crippen LogP contribution in [0.1, 0.15) is 50.6 Å². The molecular formula is C17H24N4O2. The minimum atomic E-state index is -0.259. The van der Waals surface area contributed by atoms with E-state index in [9.17, 15) is 9.59 Å². The number of nitrogens with zero attached hydrogens (tertiary/aromatic N) is 2. The van der Waals surface area contributed by atoms with E-state index in [-0.39, 0.29) is 17.7 Å².